The number of halogens is 2. The lowest BCUT2D eigenvalue weighted by Gasteiger charge is -2.08. The lowest BCUT2D eigenvalue weighted by Crippen LogP contribution is -2.27. The smallest absolute Gasteiger partial charge is 0.0410 e. The van der Waals surface area contributed by atoms with Crippen molar-refractivity contribution < 1.29 is 0 Å². The van der Waals surface area contributed by atoms with Gasteiger partial charge in [-0.2, -0.15) is 0 Å². The molecule has 0 radical (unpaired) electrons. The molecule has 1 rings (SSSR count). The van der Waals surface area contributed by atoms with Gasteiger partial charge < -0.3 is 10.6 Å². The molecule has 0 aliphatic heterocycles. The summed E-state index contributed by atoms with van der Waals surface area (Å²) in [6, 6.07) is 5.85. The Kier molecular flexibility index (Phi) is 7.05. The van der Waals surface area contributed by atoms with Gasteiger partial charge in [0.15, 0.2) is 0 Å². The molecule has 16 heavy (non-hydrogen) atoms. The highest BCUT2D eigenvalue weighted by Gasteiger charge is 1.99. The third-order valence-corrected chi connectivity index (χ3v) is 3.24. The van der Waals surface area contributed by atoms with Gasteiger partial charge in [0.25, 0.3) is 0 Å². The Morgan fingerprint density at radius 3 is 2.69 bits per heavy atom. The maximum Gasteiger partial charge on any atom is 0.0410 e. The van der Waals surface area contributed by atoms with Crippen LogP contribution in [0.1, 0.15) is 18.9 Å². The van der Waals surface area contributed by atoms with Crippen molar-refractivity contribution >= 4 is 27.5 Å². The van der Waals surface area contributed by atoms with Crippen LogP contribution in [0, 0.1) is 0 Å². The summed E-state index contributed by atoms with van der Waals surface area (Å²) < 4.78 is 1.10. The zero-order chi connectivity index (χ0) is 11.8. The van der Waals surface area contributed by atoms with Crippen LogP contribution in [0.15, 0.2) is 22.7 Å². The highest BCUT2D eigenvalue weighted by atomic mass is 79.9. The van der Waals surface area contributed by atoms with Crippen LogP contribution >= 0.6 is 27.5 Å². The SMILES string of the molecule is CCCNCCNCc1cc(Cl)ccc1Br. The quantitative estimate of drug-likeness (QED) is 0.756. The first kappa shape index (κ1) is 14.0. The zero-order valence-electron chi connectivity index (χ0n) is 9.52. The summed E-state index contributed by atoms with van der Waals surface area (Å²) in [5, 5.41) is 7.51. The molecule has 4 heteroatoms. The van der Waals surface area contributed by atoms with Gasteiger partial charge in [-0.15, -0.1) is 0 Å². The number of hydrogen-bond acceptors (Lipinski definition) is 2. The van der Waals surface area contributed by atoms with Gasteiger partial charge in [0.1, 0.15) is 0 Å². The van der Waals surface area contributed by atoms with Gasteiger partial charge in [0.05, 0.1) is 0 Å². The van der Waals surface area contributed by atoms with Crippen LogP contribution in [0.2, 0.25) is 5.02 Å². The normalized spacial score (nSPS) is 10.7. The molecule has 0 fully saturated rings. The van der Waals surface area contributed by atoms with Gasteiger partial charge in [-0.1, -0.05) is 34.5 Å². The van der Waals surface area contributed by atoms with E-state index in [1.54, 1.807) is 0 Å². The van der Waals surface area contributed by atoms with Crippen molar-refractivity contribution in [3.63, 3.8) is 0 Å². The topological polar surface area (TPSA) is 24.1 Å². The van der Waals surface area contributed by atoms with Gasteiger partial charge >= 0.3 is 0 Å². The van der Waals surface area contributed by atoms with E-state index in [-0.39, 0.29) is 0 Å². The fraction of sp³-hybridized carbons (Fsp3) is 0.500. The Bertz CT molecular complexity index is 318. The summed E-state index contributed by atoms with van der Waals surface area (Å²) in [6.07, 6.45) is 1.18. The molecule has 1 aromatic rings. The molecule has 1 aromatic carbocycles. The van der Waals surface area contributed by atoms with Crippen molar-refractivity contribution in [1.82, 2.24) is 10.6 Å². The number of nitrogens with one attached hydrogen (secondary N) is 2. The maximum absolute atomic E-state index is 5.94. The summed E-state index contributed by atoms with van der Waals surface area (Å²) >= 11 is 9.45. The van der Waals surface area contributed by atoms with E-state index in [0.29, 0.717) is 0 Å². The lowest BCUT2D eigenvalue weighted by molar-refractivity contribution is 0.606. The zero-order valence-corrected chi connectivity index (χ0v) is 11.9. The first-order valence-electron chi connectivity index (χ1n) is 5.59. The molecule has 0 atom stereocenters. The Morgan fingerprint density at radius 1 is 1.19 bits per heavy atom. The van der Waals surface area contributed by atoms with E-state index in [2.05, 4.69) is 33.5 Å². The number of benzene rings is 1. The second-order valence-corrected chi connectivity index (χ2v) is 4.95. The van der Waals surface area contributed by atoms with Gasteiger partial charge in [-0.3, -0.25) is 0 Å². The average molecular weight is 306 g/mol. The third kappa shape index (κ3) is 5.30. The van der Waals surface area contributed by atoms with E-state index >= 15 is 0 Å². The van der Waals surface area contributed by atoms with Crippen LogP contribution < -0.4 is 10.6 Å². The first-order chi connectivity index (χ1) is 7.74. The molecule has 0 spiro atoms. The Balaban J connectivity index is 2.23. The maximum atomic E-state index is 5.94. The fourth-order valence-electron chi connectivity index (χ4n) is 1.38. The van der Waals surface area contributed by atoms with E-state index in [1.165, 1.54) is 12.0 Å². The summed E-state index contributed by atoms with van der Waals surface area (Å²) in [5.41, 5.74) is 1.20. The molecule has 0 unspecified atom stereocenters. The minimum atomic E-state index is 0.782. The minimum Gasteiger partial charge on any atom is -0.315 e. The standard InChI is InChI=1S/C12H18BrClN2/c1-2-5-15-6-7-16-9-10-8-11(14)3-4-12(10)13/h3-4,8,15-16H,2,5-7,9H2,1H3. The van der Waals surface area contributed by atoms with Crippen LogP contribution in [0.25, 0.3) is 0 Å². The molecule has 2 nitrogen and oxygen atoms in total. The highest BCUT2D eigenvalue weighted by Crippen LogP contribution is 2.20. The predicted molar refractivity (Wildman–Crippen MR) is 74.0 cm³/mol. The molecule has 0 amide bonds. The van der Waals surface area contributed by atoms with Crippen LogP contribution in [0.3, 0.4) is 0 Å². The summed E-state index contributed by atoms with van der Waals surface area (Å²) in [4.78, 5) is 0. The predicted octanol–water partition coefficient (Wildman–Crippen LogP) is 3.19. The Morgan fingerprint density at radius 2 is 1.94 bits per heavy atom. The average Bonchev–Trinajstić information content (AvgIpc) is 2.28. The molecule has 2 N–H and O–H groups in total. The molecule has 0 heterocycles. The molecule has 0 saturated heterocycles. The monoisotopic (exact) mass is 304 g/mol. The lowest BCUT2D eigenvalue weighted by atomic mass is 10.2. The number of rotatable bonds is 7. The van der Waals surface area contributed by atoms with Gasteiger partial charge in [0, 0.05) is 29.1 Å². The molecule has 0 aliphatic rings. The third-order valence-electron chi connectivity index (χ3n) is 2.23. The molecular weight excluding hydrogens is 288 g/mol. The van der Waals surface area contributed by atoms with E-state index in [0.717, 1.165) is 35.7 Å². The van der Waals surface area contributed by atoms with E-state index < -0.39 is 0 Å². The minimum absolute atomic E-state index is 0.782. The molecule has 0 aliphatic carbocycles. The molecule has 0 saturated carbocycles. The fourth-order valence-corrected chi connectivity index (χ4v) is 1.96. The highest BCUT2D eigenvalue weighted by molar-refractivity contribution is 9.10. The molecular formula is C12H18BrClN2. The first-order valence-corrected chi connectivity index (χ1v) is 6.76. The van der Waals surface area contributed by atoms with E-state index in [1.807, 2.05) is 18.2 Å². The number of hydrogen-bond donors (Lipinski definition) is 2. The van der Waals surface area contributed by atoms with Crippen molar-refractivity contribution in [2.24, 2.45) is 0 Å². The molecule has 0 bridgehead atoms. The van der Waals surface area contributed by atoms with Crippen LogP contribution in [-0.4, -0.2) is 19.6 Å². The van der Waals surface area contributed by atoms with Crippen LogP contribution in [-0.2, 0) is 6.54 Å². The van der Waals surface area contributed by atoms with E-state index in [9.17, 15) is 0 Å². The van der Waals surface area contributed by atoms with Gasteiger partial charge in [-0.05, 0) is 36.7 Å². The second kappa shape index (κ2) is 8.07. The van der Waals surface area contributed by atoms with Crippen molar-refractivity contribution in [1.29, 1.82) is 0 Å². The van der Waals surface area contributed by atoms with Crippen molar-refractivity contribution in [2.75, 3.05) is 19.6 Å². The summed E-state index contributed by atoms with van der Waals surface area (Å²) in [6.45, 7) is 6.08. The summed E-state index contributed by atoms with van der Waals surface area (Å²) in [7, 11) is 0. The van der Waals surface area contributed by atoms with Crippen LogP contribution in [0.5, 0.6) is 0 Å². The van der Waals surface area contributed by atoms with Crippen LogP contribution in [0.4, 0.5) is 0 Å². The summed E-state index contributed by atoms with van der Waals surface area (Å²) in [5.74, 6) is 0. The van der Waals surface area contributed by atoms with Gasteiger partial charge in [-0.25, -0.2) is 0 Å². The Hall–Kier alpha value is -0.0900. The van der Waals surface area contributed by atoms with Crippen molar-refractivity contribution in [3.05, 3.63) is 33.3 Å². The van der Waals surface area contributed by atoms with Gasteiger partial charge in [0.2, 0.25) is 0 Å². The Labute approximate surface area is 111 Å². The second-order valence-electron chi connectivity index (χ2n) is 3.66. The van der Waals surface area contributed by atoms with E-state index in [4.69, 9.17) is 11.6 Å². The van der Waals surface area contributed by atoms with Crippen molar-refractivity contribution in [3.8, 4) is 0 Å². The van der Waals surface area contributed by atoms with Crippen molar-refractivity contribution in [2.45, 2.75) is 19.9 Å². The largest absolute Gasteiger partial charge is 0.315 e. The molecule has 0 aromatic heterocycles. The molecule has 90 valence electrons.